The van der Waals surface area contributed by atoms with Crippen molar-refractivity contribution >= 4 is 23.3 Å². The fraction of sp³-hybridized carbons (Fsp3) is 0.381. The summed E-state index contributed by atoms with van der Waals surface area (Å²) in [4.78, 5) is 12.1. The van der Waals surface area contributed by atoms with Gasteiger partial charge in [0.05, 0.1) is 24.3 Å². The molecule has 0 aliphatic carbocycles. The summed E-state index contributed by atoms with van der Waals surface area (Å²) in [6.45, 7) is 2.92. The first-order valence-electron chi connectivity index (χ1n) is 9.12. The summed E-state index contributed by atoms with van der Waals surface area (Å²) < 4.78 is 11.3. The second kappa shape index (κ2) is 7.29. The molecular formula is C21H22ClNO3. The quantitative estimate of drug-likeness (QED) is 0.758. The molecule has 4 nitrogen and oxygen atoms in total. The van der Waals surface area contributed by atoms with Crippen molar-refractivity contribution in [2.75, 3.05) is 18.5 Å². The maximum Gasteiger partial charge on any atom is 0.338 e. The fourth-order valence-corrected chi connectivity index (χ4v) is 4.24. The van der Waals surface area contributed by atoms with Crippen LogP contribution >= 0.6 is 11.6 Å². The van der Waals surface area contributed by atoms with Gasteiger partial charge in [-0.15, -0.1) is 0 Å². The molecule has 0 bridgehead atoms. The number of ether oxygens (including phenoxy) is 2. The van der Waals surface area contributed by atoms with E-state index in [0.29, 0.717) is 18.1 Å². The van der Waals surface area contributed by atoms with Gasteiger partial charge in [0.1, 0.15) is 0 Å². The van der Waals surface area contributed by atoms with Crippen LogP contribution in [-0.2, 0) is 9.47 Å². The maximum atomic E-state index is 12.1. The summed E-state index contributed by atoms with van der Waals surface area (Å²) in [6, 6.07) is 13.8. The van der Waals surface area contributed by atoms with E-state index in [1.54, 1.807) is 0 Å². The number of esters is 1. The van der Waals surface area contributed by atoms with Crippen molar-refractivity contribution in [3.8, 4) is 0 Å². The Bertz CT molecular complexity index is 823. The van der Waals surface area contributed by atoms with Crippen molar-refractivity contribution in [3.05, 3.63) is 64.2 Å². The van der Waals surface area contributed by atoms with Crippen molar-refractivity contribution < 1.29 is 14.3 Å². The first-order valence-corrected chi connectivity index (χ1v) is 9.50. The van der Waals surface area contributed by atoms with E-state index in [1.165, 1.54) is 0 Å². The lowest BCUT2D eigenvalue weighted by atomic mass is 9.77. The molecule has 0 radical (unpaired) electrons. The Balaban J connectivity index is 1.73. The van der Waals surface area contributed by atoms with E-state index in [9.17, 15) is 4.79 Å². The highest BCUT2D eigenvalue weighted by Crippen LogP contribution is 2.49. The molecule has 4 rings (SSSR count). The Morgan fingerprint density at radius 3 is 3.00 bits per heavy atom. The van der Waals surface area contributed by atoms with E-state index < -0.39 is 0 Å². The molecule has 0 spiro atoms. The van der Waals surface area contributed by atoms with Gasteiger partial charge in [-0.2, -0.15) is 0 Å². The minimum absolute atomic E-state index is 0.0293. The molecule has 2 aliphatic heterocycles. The zero-order valence-electron chi connectivity index (χ0n) is 14.7. The van der Waals surface area contributed by atoms with E-state index in [0.717, 1.165) is 41.3 Å². The highest BCUT2D eigenvalue weighted by atomic mass is 35.5. The Labute approximate surface area is 158 Å². The normalized spacial score (nSPS) is 24.2. The number of fused-ring (bicyclic) bond motifs is 3. The summed E-state index contributed by atoms with van der Waals surface area (Å²) in [6.07, 6.45) is 2.07. The highest BCUT2D eigenvalue weighted by molar-refractivity contribution is 6.30. The Morgan fingerprint density at radius 1 is 1.31 bits per heavy atom. The average molecular weight is 372 g/mol. The Kier molecular flexibility index (Phi) is 4.88. The van der Waals surface area contributed by atoms with Crippen molar-refractivity contribution in [3.63, 3.8) is 0 Å². The Hall–Kier alpha value is -2.04. The van der Waals surface area contributed by atoms with Crippen LogP contribution in [0, 0.1) is 5.92 Å². The maximum absolute atomic E-state index is 12.1. The molecule has 2 aromatic carbocycles. The van der Waals surface area contributed by atoms with Gasteiger partial charge in [0.25, 0.3) is 0 Å². The number of carbonyl (C=O) groups excluding carboxylic acids is 1. The van der Waals surface area contributed by atoms with Crippen molar-refractivity contribution in [2.45, 2.75) is 31.9 Å². The number of rotatable bonds is 3. The van der Waals surface area contributed by atoms with E-state index in [2.05, 4.69) is 11.4 Å². The number of carbonyl (C=O) groups is 1. The lowest BCUT2D eigenvalue weighted by molar-refractivity contribution is -0.0381. The molecule has 2 aromatic rings. The third kappa shape index (κ3) is 3.19. The van der Waals surface area contributed by atoms with Crippen LogP contribution in [0.25, 0.3) is 0 Å². The van der Waals surface area contributed by atoms with Crippen molar-refractivity contribution in [1.29, 1.82) is 0 Å². The van der Waals surface area contributed by atoms with Crippen LogP contribution in [0.4, 0.5) is 5.69 Å². The molecule has 2 heterocycles. The van der Waals surface area contributed by atoms with Crippen LogP contribution in [-0.4, -0.2) is 19.2 Å². The predicted molar refractivity (Wildman–Crippen MR) is 102 cm³/mol. The number of hydrogen-bond acceptors (Lipinski definition) is 4. The molecule has 26 heavy (non-hydrogen) atoms. The highest BCUT2D eigenvalue weighted by Gasteiger charge is 2.40. The molecule has 0 amide bonds. The first kappa shape index (κ1) is 17.4. The molecule has 5 heteroatoms. The zero-order valence-corrected chi connectivity index (χ0v) is 15.5. The predicted octanol–water partition coefficient (Wildman–Crippen LogP) is 5.15. The zero-order chi connectivity index (χ0) is 18.1. The van der Waals surface area contributed by atoms with E-state index in [1.807, 2.05) is 43.3 Å². The smallest absolute Gasteiger partial charge is 0.338 e. The molecule has 1 N–H and O–H groups in total. The summed E-state index contributed by atoms with van der Waals surface area (Å²) in [5.41, 5.74) is 3.78. The standard InChI is InChI=1S/C21H22ClNO3/c1-2-25-21(24)14-8-9-18-17(12-14)20-16(7-4-10-26-20)19(23-18)13-5-3-6-15(22)11-13/h3,5-6,8-9,11-12,16,19-20,23H,2,4,7,10H2,1H3/t16-,19+,20-/m1/s1. The van der Waals surface area contributed by atoms with Crippen LogP contribution < -0.4 is 5.32 Å². The van der Waals surface area contributed by atoms with Crippen LogP contribution in [0.3, 0.4) is 0 Å². The Morgan fingerprint density at radius 2 is 2.19 bits per heavy atom. The molecular weight excluding hydrogens is 350 g/mol. The van der Waals surface area contributed by atoms with Gasteiger partial charge in [-0.25, -0.2) is 4.79 Å². The summed E-state index contributed by atoms with van der Waals surface area (Å²) in [7, 11) is 0. The van der Waals surface area contributed by atoms with Gasteiger partial charge in [-0.1, -0.05) is 23.7 Å². The average Bonchev–Trinajstić information content (AvgIpc) is 2.67. The van der Waals surface area contributed by atoms with Gasteiger partial charge < -0.3 is 14.8 Å². The minimum Gasteiger partial charge on any atom is -0.462 e. The summed E-state index contributed by atoms with van der Waals surface area (Å²) >= 11 is 6.21. The number of nitrogens with one attached hydrogen (secondary N) is 1. The van der Waals surface area contributed by atoms with Crippen LogP contribution in [0.15, 0.2) is 42.5 Å². The van der Waals surface area contributed by atoms with E-state index >= 15 is 0 Å². The summed E-state index contributed by atoms with van der Waals surface area (Å²) in [5, 5.41) is 4.38. The molecule has 0 aromatic heterocycles. The molecule has 1 saturated heterocycles. The van der Waals surface area contributed by atoms with Gasteiger partial charge in [-0.3, -0.25) is 0 Å². The second-order valence-corrected chi connectivity index (χ2v) is 7.23. The van der Waals surface area contributed by atoms with Gasteiger partial charge >= 0.3 is 5.97 Å². The van der Waals surface area contributed by atoms with Gasteiger partial charge in [0.15, 0.2) is 0 Å². The largest absolute Gasteiger partial charge is 0.462 e. The monoisotopic (exact) mass is 371 g/mol. The SMILES string of the molecule is CCOC(=O)c1ccc2c(c1)[C@@H]1OCCC[C@@H]1[C@H](c1cccc(Cl)c1)N2. The lowest BCUT2D eigenvalue weighted by Gasteiger charge is -2.43. The van der Waals surface area contributed by atoms with Crippen LogP contribution in [0.5, 0.6) is 0 Å². The third-order valence-corrected chi connectivity index (χ3v) is 5.42. The number of benzene rings is 2. The van der Waals surface area contributed by atoms with Crippen LogP contribution in [0.2, 0.25) is 5.02 Å². The molecule has 0 unspecified atom stereocenters. The number of halogens is 1. The van der Waals surface area contributed by atoms with Gasteiger partial charge in [0, 0.05) is 28.8 Å². The molecule has 0 saturated carbocycles. The molecule has 136 valence electrons. The molecule has 1 fully saturated rings. The number of anilines is 1. The van der Waals surface area contributed by atoms with E-state index in [4.69, 9.17) is 21.1 Å². The van der Waals surface area contributed by atoms with Crippen molar-refractivity contribution in [2.24, 2.45) is 5.92 Å². The fourth-order valence-electron chi connectivity index (χ4n) is 4.04. The lowest BCUT2D eigenvalue weighted by Crippen LogP contribution is -2.36. The number of hydrogen-bond donors (Lipinski definition) is 1. The summed E-state index contributed by atoms with van der Waals surface area (Å²) in [5.74, 6) is 0.00628. The van der Waals surface area contributed by atoms with Crippen LogP contribution in [0.1, 0.15) is 53.4 Å². The van der Waals surface area contributed by atoms with Gasteiger partial charge in [0.2, 0.25) is 0 Å². The van der Waals surface area contributed by atoms with E-state index in [-0.39, 0.29) is 18.1 Å². The van der Waals surface area contributed by atoms with Crippen molar-refractivity contribution in [1.82, 2.24) is 0 Å². The first-order chi connectivity index (χ1) is 12.7. The molecule has 3 atom stereocenters. The second-order valence-electron chi connectivity index (χ2n) is 6.80. The minimum atomic E-state index is -0.292. The third-order valence-electron chi connectivity index (χ3n) is 5.18. The topological polar surface area (TPSA) is 47.6 Å². The van der Waals surface area contributed by atoms with Gasteiger partial charge in [-0.05, 0) is 55.7 Å². The molecule has 2 aliphatic rings.